The highest BCUT2D eigenvalue weighted by molar-refractivity contribution is 5.21. The molecule has 0 aliphatic carbocycles. The molecule has 1 atom stereocenters. The van der Waals surface area contributed by atoms with Gasteiger partial charge >= 0.3 is 0 Å². The highest BCUT2D eigenvalue weighted by Gasteiger charge is 2.22. The fraction of sp³-hybridized carbons (Fsp3) is 0.692. The van der Waals surface area contributed by atoms with E-state index in [2.05, 4.69) is 27.2 Å². The Kier molecular flexibility index (Phi) is 3.52. The van der Waals surface area contributed by atoms with Crippen LogP contribution < -0.4 is 15.6 Å². The molecule has 1 aromatic heterocycles. The minimum atomic E-state index is -0.0544. The van der Waals surface area contributed by atoms with Crippen LogP contribution in [0.3, 0.4) is 0 Å². The van der Waals surface area contributed by atoms with Gasteiger partial charge in [0, 0.05) is 18.2 Å². The third-order valence-corrected chi connectivity index (χ3v) is 4.01. The van der Waals surface area contributed by atoms with Crippen molar-refractivity contribution in [2.24, 2.45) is 0 Å². The monoisotopic (exact) mass is 264 g/mol. The molecule has 19 heavy (non-hydrogen) atoms. The van der Waals surface area contributed by atoms with Gasteiger partial charge in [0.05, 0.1) is 5.69 Å². The minimum Gasteiger partial charge on any atom is -0.463 e. The molecule has 0 spiro atoms. The van der Waals surface area contributed by atoms with E-state index in [0.717, 1.165) is 37.2 Å². The molecule has 6 nitrogen and oxygen atoms in total. The highest BCUT2D eigenvalue weighted by Crippen LogP contribution is 2.16. The second-order valence-corrected chi connectivity index (χ2v) is 5.31. The quantitative estimate of drug-likeness (QED) is 0.797. The fourth-order valence-corrected chi connectivity index (χ4v) is 2.78. The average molecular weight is 264 g/mol. The van der Waals surface area contributed by atoms with Gasteiger partial charge in [-0.05, 0) is 39.4 Å². The van der Waals surface area contributed by atoms with Crippen molar-refractivity contribution in [3.05, 3.63) is 21.6 Å². The molecule has 3 rings (SSSR count). The third-order valence-electron chi connectivity index (χ3n) is 4.01. The third kappa shape index (κ3) is 2.64. The second-order valence-electron chi connectivity index (χ2n) is 5.31. The van der Waals surface area contributed by atoms with Crippen molar-refractivity contribution in [1.82, 2.24) is 20.2 Å². The van der Waals surface area contributed by atoms with E-state index in [-0.39, 0.29) is 5.56 Å². The first-order valence-corrected chi connectivity index (χ1v) is 6.90. The molecule has 0 aromatic carbocycles. The van der Waals surface area contributed by atoms with E-state index in [1.54, 1.807) is 0 Å². The van der Waals surface area contributed by atoms with E-state index < -0.39 is 0 Å². The predicted octanol–water partition coefficient (Wildman–Crippen LogP) is -0.111. The largest absolute Gasteiger partial charge is 0.463 e. The maximum atomic E-state index is 11.9. The first-order valence-electron chi connectivity index (χ1n) is 6.90. The van der Waals surface area contributed by atoms with Gasteiger partial charge in [-0.1, -0.05) is 0 Å². The number of aromatic nitrogens is 2. The summed E-state index contributed by atoms with van der Waals surface area (Å²) in [6.07, 6.45) is 3.10. The first kappa shape index (κ1) is 12.6. The van der Waals surface area contributed by atoms with Crippen LogP contribution in [0.4, 0.5) is 0 Å². The van der Waals surface area contributed by atoms with E-state index in [1.165, 1.54) is 6.42 Å². The Hall–Kier alpha value is -1.40. The van der Waals surface area contributed by atoms with Gasteiger partial charge in [0.1, 0.15) is 6.61 Å². The number of rotatable bonds is 3. The van der Waals surface area contributed by atoms with Crippen LogP contribution in [0.2, 0.25) is 0 Å². The molecule has 0 bridgehead atoms. The lowest BCUT2D eigenvalue weighted by Crippen LogP contribution is -2.33. The second kappa shape index (κ2) is 5.30. The summed E-state index contributed by atoms with van der Waals surface area (Å²) in [5.74, 6) is 0. The number of hydrogen-bond donors (Lipinski definition) is 2. The predicted molar refractivity (Wildman–Crippen MR) is 71.4 cm³/mol. The molecule has 0 amide bonds. The first-order chi connectivity index (χ1) is 9.24. The van der Waals surface area contributed by atoms with Crippen LogP contribution >= 0.6 is 0 Å². The molecule has 2 N–H and O–H groups in total. The molecule has 1 aromatic rings. The lowest BCUT2D eigenvalue weighted by molar-refractivity contribution is 0.186. The van der Waals surface area contributed by atoms with Gasteiger partial charge in [-0.2, -0.15) is 0 Å². The summed E-state index contributed by atoms with van der Waals surface area (Å²) in [6.45, 7) is 3.20. The number of aromatic amines is 1. The lowest BCUT2D eigenvalue weighted by atomic mass is 10.1. The van der Waals surface area contributed by atoms with Crippen molar-refractivity contribution in [3.63, 3.8) is 0 Å². The number of likely N-dealkylation sites (tertiary alicyclic amines) is 1. The van der Waals surface area contributed by atoms with Gasteiger partial charge in [-0.3, -0.25) is 9.78 Å². The zero-order chi connectivity index (χ0) is 13.2. The summed E-state index contributed by atoms with van der Waals surface area (Å²) in [5, 5.41) is 3.22. The minimum absolute atomic E-state index is 0.0544. The number of H-pyrrole nitrogens is 1. The fourth-order valence-electron chi connectivity index (χ4n) is 2.78. The van der Waals surface area contributed by atoms with Gasteiger partial charge in [-0.15, -0.1) is 0 Å². The zero-order valence-electron chi connectivity index (χ0n) is 11.2. The molecule has 6 heteroatoms. The van der Waals surface area contributed by atoms with Crippen LogP contribution in [-0.2, 0) is 13.0 Å². The van der Waals surface area contributed by atoms with Crippen LogP contribution in [0.5, 0.6) is 6.01 Å². The standard InChI is InChI=1S/C13H20N4O2/c1-17-6-2-3-9(17)8-19-13-15-11-7-14-5-4-10(11)12(18)16-13/h9,14H,2-8H2,1H3,(H,15,16,18)/t9-/m0/s1. The van der Waals surface area contributed by atoms with E-state index in [1.807, 2.05) is 0 Å². The molecule has 1 saturated heterocycles. The SMILES string of the molecule is CN1CCC[C@H]1COc1nc2c(c(=O)[nH]1)CCNC2. The average Bonchev–Trinajstić information content (AvgIpc) is 2.82. The summed E-state index contributed by atoms with van der Waals surface area (Å²) in [7, 11) is 2.11. The Morgan fingerprint density at radius 2 is 2.42 bits per heavy atom. The summed E-state index contributed by atoms with van der Waals surface area (Å²) < 4.78 is 5.67. The van der Waals surface area contributed by atoms with Crippen molar-refractivity contribution >= 4 is 0 Å². The summed E-state index contributed by atoms with van der Waals surface area (Å²) in [5.41, 5.74) is 1.56. The van der Waals surface area contributed by atoms with Gasteiger partial charge < -0.3 is 15.0 Å². The van der Waals surface area contributed by atoms with Gasteiger partial charge in [-0.25, -0.2) is 4.98 Å². The number of hydrogen-bond acceptors (Lipinski definition) is 5. The molecule has 2 aliphatic rings. The molecular formula is C13H20N4O2. The number of fused-ring (bicyclic) bond motifs is 1. The maximum absolute atomic E-state index is 11.9. The molecule has 104 valence electrons. The van der Waals surface area contributed by atoms with Crippen LogP contribution in [0.15, 0.2) is 4.79 Å². The summed E-state index contributed by atoms with van der Waals surface area (Å²) >= 11 is 0. The number of likely N-dealkylation sites (N-methyl/N-ethyl adjacent to an activating group) is 1. The molecule has 2 aliphatic heterocycles. The molecule has 0 unspecified atom stereocenters. The molecule has 3 heterocycles. The highest BCUT2D eigenvalue weighted by atomic mass is 16.5. The Bertz CT molecular complexity index is 514. The number of ether oxygens (including phenoxy) is 1. The van der Waals surface area contributed by atoms with Crippen LogP contribution in [0.25, 0.3) is 0 Å². The topological polar surface area (TPSA) is 70.2 Å². The molecule has 0 saturated carbocycles. The maximum Gasteiger partial charge on any atom is 0.296 e. The molecule has 1 fully saturated rings. The Morgan fingerprint density at radius 3 is 3.21 bits per heavy atom. The van der Waals surface area contributed by atoms with Gasteiger partial charge in [0.15, 0.2) is 0 Å². The van der Waals surface area contributed by atoms with E-state index in [9.17, 15) is 4.79 Å². The summed E-state index contributed by atoms with van der Waals surface area (Å²) in [6, 6.07) is 0.784. The summed E-state index contributed by atoms with van der Waals surface area (Å²) in [4.78, 5) is 21.4. The van der Waals surface area contributed by atoms with E-state index in [0.29, 0.717) is 25.2 Å². The Labute approximate surface area is 112 Å². The Balaban J connectivity index is 1.71. The smallest absolute Gasteiger partial charge is 0.296 e. The van der Waals surface area contributed by atoms with Gasteiger partial charge in [0.2, 0.25) is 0 Å². The van der Waals surface area contributed by atoms with E-state index >= 15 is 0 Å². The van der Waals surface area contributed by atoms with Gasteiger partial charge in [0.25, 0.3) is 11.6 Å². The molecule has 0 radical (unpaired) electrons. The number of nitrogens with zero attached hydrogens (tertiary/aromatic N) is 2. The normalized spacial score (nSPS) is 23.3. The lowest BCUT2D eigenvalue weighted by Gasteiger charge is -2.20. The van der Waals surface area contributed by atoms with Crippen molar-refractivity contribution in [2.75, 3.05) is 26.7 Å². The zero-order valence-corrected chi connectivity index (χ0v) is 11.2. The van der Waals surface area contributed by atoms with E-state index in [4.69, 9.17) is 4.74 Å². The van der Waals surface area contributed by atoms with Crippen molar-refractivity contribution < 1.29 is 4.74 Å². The van der Waals surface area contributed by atoms with Crippen LogP contribution in [-0.4, -0.2) is 47.7 Å². The Morgan fingerprint density at radius 1 is 1.53 bits per heavy atom. The molecular weight excluding hydrogens is 244 g/mol. The number of nitrogens with one attached hydrogen (secondary N) is 2. The van der Waals surface area contributed by atoms with Crippen molar-refractivity contribution in [3.8, 4) is 6.01 Å². The van der Waals surface area contributed by atoms with Crippen LogP contribution in [0.1, 0.15) is 24.1 Å². The van der Waals surface area contributed by atoms with Crippen LogP contribution in [0, 0.1) is 0 Å². The van der Waals surface area contributed by atoms with Crippen molar-refractivity contribution in [1.29, 1.82) is 0 Å². The van der Waals surface area contributed by atoms with Crippen molar-refractivity contribution in [2.45, 2.75) is 31.8 Å².